The maximum Gasteiger partial charge on any atom is 0.0345 e. The summed E-state index contributed by atoms with van der Waals surface area (Å²) in [5.74, 6) is 0.747. The molecule has 1 fully saturated rings. The Morgan fingerprint density at radius 1 is 1.22 bits per heavy atom. The van der Waals surface area contributed by atoms with Gasteiger partial charge in [0, 0.05) is 6.04 Å². The maximum absolute atomic E-state index is 5.77. The average molecular weight is 246 g/mol. The van der Waals surface area contributed by atoms with Crippen molar-refractivity contribution in [2.24, 2.45) is 11.7 Å². The Bertz CT molecular complexity index is 350. The first-order chi connectivity index (χ1) is 8.74. The van der Waals surface area contributed by atoms with Crippen molar-refractivity contribution in [1.29, 1.82) is 0 Å². The van der Waals surface area contributed by atoms with E-state index in [0.717, 1.165) is 12.5 Å². The van der Waals surface area contributed by atoms with Crippen LogP contribution in [0.15, 0.2) is 24.3 Å². The third kappa shape index (κ3) is 3.12. The zero-order valence-electron chi connectivity index (χ0n) is 11.7. The first-order valence-electron chi connectivity index (χ1n) is 7.25. The highest BCUT2D eigenvalue weighted by Gasteiger charge is 2.24. The van der Waals surface area contributed by atoms with Crippen LogP contribution in [0.25, 0.3) is 0 Å². The van der Waals surface area contributed by atoms with E-state index in [2.05, 4.69) is 43.0 Å². The molecule has 0 radical (unpaired) electrons. The topological polar surface area (TPSA) is 29.3 Å². The van der Waals surface area contributed by atoms with Gasteiger partial charge in [0.05, 0.1) is 0 Å². The van der Waals surface area contributed by atoms with E-state index in [1.165, 1.54) is 43.5 Å². The van der Waals surface area contributed by atoms with Crippen LogP contribution in [0.5, 0.6) is 0 Å². The van der Waals surface area contributed by atoms with E-state index >= 15 is 0 Å². The molecule has 1 saturated heterocycles. The third-order valence-electron chi connectivity index (χ3n) is 4.27. The van der Waals surface area contributed by atoms with Gasteiger partial charge in [-0.05, 0) is 57.3 Å². The average Bonchev–Trinajstić information content (AvgIpc) is 2.42. The van der Waals surface area contributed by atoms with Crippen LogP contribution in [-0.2, 0) is 0 Å². The second-order valence-electron chi connectivity index (χ2n) is 5.55. The molecule has 2 nitrogen and oxygen atoms in total. The number of aryl methyl sites for hydroxylation is 1. The lowest BCUT2D eigenvalue weighted by atomic mass is 9.93. The highest BCUT2D eigenvalue weighted by Crippen LogP contribution is 2.29. The Hall–Kier alpha value is -0.860. The van der Waals surface area contributed by atoms with Crippen LogP contribution in [0.4, 0.5) is 0 Å². The van der Waals surface area contributed by atoms with Crippen molar-refractivity contribution in [3.63, 3.8) is 0 Å². The van der Waals surface area contributed by atoms with E-state index in [1.807, 2.05) is 0 Å². The van der Waals surface area contributed by atoms with Crippen molar-refractivity contribution >= 4 is 0 Å². The summed E-state index contributed by atoms with van der Waals surface area (Å²) in [6.45, 7) is 7.70. The molecule has 1 aliphatic rings. The lowest BCUT2D eigenvalue weighted by Crippen LogP contribution is -2.38. The van der Waals surface area contributed by atoms with Crippen LogP contribution in [0, 0.1) is 12.8 Å². The molecule has 2 heteroatoms. The van der Waals surface area contributed by atoms with E-state index in [1.54, 1.807) is 0 Å². The number of piperidine rings is 1. The summed E-state index contributed by atoms with van der Waals surface area (Å²) in [4.78, 5) is 2.64. The molecule has 1 aliphatic heterocycles. The summed E-state index contributed by atoms with van der Waals surface area (Å²) in [5.41, 5.74) is 8.58. The van der Waals surface area contributed by atoms with Gasteiger partial charge in [0.15, 0.2) is 0 Å². The fraction of sp³-hybridized carbons (Fsp3) is 0.625. The van der Waals surface area contributed by atoms with Crippen LogP contribution >= 0.6 is 0 Å². The summed E-state index contributed by atoms with van der Waals surface area (Å²) in [7, 11) is 0. The lowest BCUT2D eigenvalue weighted by molar-refractivity contribution is 0.131. The van der Waals surface area contributed by atoms with Crippen LogP contribution in [-0.4, -0.2) is 24.5 Å². The standard InChI is InChI=1S/C16H26N2/c1-3-16(15-6-4-13(2)5-7-15)18-10-8-14(12-17)9-11-18/h4-7,14,16H,3,8-12,17H2,1-2H3. The Morgan fingerprint density at radius 3 is 2.33 bits per heavy atom. The van der Waals surface area contributed by atoms with E-state index in [-0.39, 0.29) is 0 Å². The molecule has 1 atom stereocenters. The van der Waals surface area contributed by atoms with Gasteiger partial charge >= 0.3 is 0 Å². The molecular weight excluding hydrogens is 220 g/mol. The molecule has 0 bridgehead atoms. The fourth-order valence-corrected chi connectivity index (χ4v) is 2.99. The van der Waals surface area contributed by atoms with Crippen molar-refractivity contribution in [3.8, 4) is 0 Å². The van der Waals surface area contributed by atoms with Gasteiger partial charge < -0.3 is 5.73 Å². The van der Waals surface area contributed by atoms with Crippen molar-refractivity contribution < 1.29 is 0 Å². The smallest absolute Gasteiger partial charge is 0.0345 e. The predicted molar refractivity (Wildman–Crippen MR) is 77.6 cm³/mol. The van der Waals surface area contributed by atoms with Gasteiger partial charge in [0.2, 0.25) is 0 Å². The number of nitrogens with zero attached hydrogens (tertiary/aromatic N) is 1. The van der Waals surface area contributed by atoms with Crippen molar-refractivity contribution in [2.75, 3.05) is 19.6 Å². The minimum absolute atomic E-state index is 0.587. The second kappa shape index (κ2) is 6.35. The number of hydrogen-bond acceptors (Lipinski definition) is 2. The quantitative estimate of drug-likeness (QED) is 0.884. The third-order valence-corrected chi connectivity index (χ3v) is 4.27. The summed E-state index contributed by atoms with van der Waals surface area (Å²) >= 11 is 0. The molecule has 2 N–H and O–H groups in total. The van der Waals surface area contributed by atoms with Gasteiger partial charge in [-0.25, -0.2) is 0 Å². The first-order valence-corrected chi connectivity index (χ1v) is 7.25. The van der Waals surface area contributed by atoms with Crippen molar-refractivity contribution in [1.82, 2.24) is 4.90 Å². The summed E-state index contributed by atoms with van der Waals surface area (Å²) in [6, 6.07) is 9.62. The Labute approximate surface area is 111 Å². The molecule has 100 valence electrons. The minimum atomic E-state index is 0.587. The molecule has 1 heterocycles. The van der Waals surface area contributed by atoms with Gasteiger partial charge in [-0.1, -0.05) is 36.8 Å². The van der Waals surface area contributed by atoms with Crippen molar-refractivity contribution in [3.05, 3.63) is 35.4 Å². The van der Waals surface area contributed by atoms with Crippen LogP contribution in [0.1, 0.15) is 43.4 Å². The van der Waals surface area contributed by atoms with Gasteiger partial charge in [-0.15, -0.1) is 0 Å². The molecule has 18 heavy (non-hydrogen) atoms. The highest BCUT2D eigenvalue weighted by molar-refractivity contribution is 5.24. The molecule has 1 aromatic carbocycles. The molecule has 0 aromatic heterocycles. The number of nitrogens with two attached hydrogens (primary N) is 1. The van der Waals surface area contributed by atoms with Crippen LogP contribution < -0.4 is 5.73 Å². The van der Waals surface area contributed by atoms with Crippen LogP contribution in [0.3, 0.4) is 0 Å². The minimum Gasteiger partial charge on any atom is -0.330 e. The van der Waals surface area contributed by atoms with E-state index < -0.39 is 0 Å². The lowest BCUT2D eigenvalue weighted by Gasteiger charge is -2.37. The van der Waals surface area contributed by atoms with Gasteiger partial charge in [-0.2, -0.15) is 0 Å². The van der Waals surface area contributed by atoms with Gasteiger partial charge in [0.1, 0.15) is 0 Å². The molecule has 0 aliphatic carbocycles. The van der Waals surface area contributed by atoms with Gasteiger partial charge in [0.25, 0.3) is 0 Å². The summed E-state index contributed by atoms with van der Waals surface area (Å²) in [5, 5.41) is 0. The van der Waals surface area contributed by atoms with E-state index in [0.29, 0.717) is 6.04 Å². The highest BCUT2D eigenvalue weighted by atomic mass is 15.2. The molecule has 0 saturated carbocycles. The molecular formula is C16H26N2. The second-order valence-corrected chi connectivity index (χ2v) is 5.55. The number of hydrogen-bond donors (Lipinski definition) is 1. The Balaban J connectivity index is 2.03. The zero-order chi connectivity index (χ0) is 13.0. The SMILES string of the molecule is CCC(c1ccc(C)cc1)N1CCC(CN)CC1. The van der Waals surface area contributed by atoms with Crippen molar-refractivity contribution in [2.45, 2.75) is 39.2 Å². The number of likely N-dealkylation sites (tertiary alicyclic amines) is 1. The molecule has 1 unspecified atom stereocenters. The van der Waals surface area contributed by atoms with E-state index in [4.69, 9.17) is 5.73 Å². The predicted octanol–water partition coefficient (Wildman–Crippen LogP) is 3.12. The van der Waals surface area contributed by atoms with Crippen LogP contribution in [0.2, 0.25) is 0 Å². The number of benzene rings is 1. The molecule has 2 rings (SSSR count). The fourth-order valence-electron chi connectivity index (χ4n) is 2.99. The maximum atomic E-state index is 5.77. The molecule has 1 aromatic rings. The van der Waals surface area contributed by atoms with E-state index in [9.17, 15) is 0 Å². The van der Waals surface area contributed by atoms with Gasteiger partial charge in [-0.3, -0.25) is 4.90 Å². The Morgan fingerprint density at radius 2 is 1.83 bits per heavy atom. The summed E-state index contributed by atoms with van der Waals surface area (Å²) in [6.07, 6.45) is 3.72. The number of rotatable bonds is 4. The Kier molecular flexibility index (Phi) is 4.79. The first kappa shape index (κ1) is 13.6. The summed E-state index contributed by atoms with van der Waals surface area (Å²) < 4.78 is 0. The monoisotopic (exact) mass is 246 g/mol. The normalized spacial score (nSPS) is 19.9. The molecule has 0 amide bonds. The largest absolute Gasteiger partial charge is 0.330 e. The molecule has 0 spiro atoms. The zero-order valence-corrected chi connectivity index (χ0v) is 11.7.